The van der Waals surface area contributed by atoms with E-state index in [9.17, 15) is 9.59 Å². The van der Waals surface area contributed by atoms with E-state index in [-0.39, 0.29) is 11.5 Å². The number of aromatic nitrogens is 2. The van der Waals surface area contributed by atoms with Crippen LogP contribution in [-0.4, -0.2) is 27.4 Å². The molecule has 0 radical (unpaired) electrons. The molecule has 1 aromatic heterocycles. The third-order valence-corrected chi connectivity index (χ3v) is 5.39. The maximum Gasteiger partial charge on any atom is 0.261 e. The number of halogens is 1. The Kier molecular flexibility index (Phi) is 6.15. The number of amides is 1. The van der Waals surface area contributed by atoms with Crippen LogP contribution >= 0.6 is 11.6 Å². The highest BCUT2D eigenvalue weighted by molar-refractivity contribution is 6.30. The Bertz CT molecular complexity index is 1030. The molecule has 5 nitrogen and oxygen atoms in total. The molecule has 0 N–H and O–H groups in total. The van der Waals surface area contributed by atoms with Crippen LogP contribution in [0.15, 0.2) is 59.4 Å². The van der Waals surface area contributed by atoms with Crippen molar-refractivity contribution in [1.29, 1.82) is 0 Å². The summed E-state index contributed by atoms with van der Waals surface area (Å²) in [6.45, 7) is 4.42. The van der Waals surface area contributed by atoms with Crippen LogP contribution in [-0.2, 0) is 11.3 Å². The molecule has 2 aromatic carbocycles. The number of hydrogen-bond donors (Lipinski definition) is 0. The lowest BCUT2D eigenvalue weighted by Gasteiger charge is -2.28. The van der Waals surface area contributed by atoms with Crippen molar-refractivity contribution >= 4 is 28.4 Å². The number of likely N-dealkylation sites (N-methyl/N-ethyl adjacent to an activating group) is 1. The summed E-state index contributed by atoms with van der Waals surface area (Å²) in [5.41, 5.74) is 1.29. The fourth-order valence-corrected chi connectivity index (χ4v) is 3.55. The van der Waals surface area contributed by atoms with Crippen molar-refractivity contribution in [1.82, 2.24) is 14.5 Å². The van der Waals surface area contributed by atoms with Gasteiger partial charge in [0.15, 0.2) is 0 Å². The highest BCUT2D eigenvalue weighted by atomic mass is 35.5. The van der Waals surface area contributed by atoms with E-state index in [1.807, 2.05) is 62.4 Å². The highest BCUT2D eigenvalue weighted by Crippen LogP contribution is 2.27. The minimum atomic E-state index is -0.791. The molecule has 0 aliphatic rings. The fourth-order valence-electron chi connectivity index (χ4n) is 3.25. The van der Waals surface area contributed by atoms with Gasteiger partial charge >= 0.3 is 0 Å². The lowest BCUT2D eigenvalue weighted by molar-refractivity contribution is -0.131. The van der Waals surface area contributed by atoms with E-state index in [0.717, 1.165) is 12.0 Å². The van der Waals surface area contributed by atoms with Gasteiger partial charge in [0.2, 0.25) is 5.91 Å². The number of rotatable bonds is 6. The molecule has 1 heterocycles. The smallest absolute Gasteiger partial charge is 0.261 e. The van der Waals surface area contributed by atoms with Crippen LogP contribution in [0.4, 0.5) is 0 Å². The highest BCUT2D eigenvalue weighted by Gasteiger charge is 2.28. The molecular formula is C22H24ClN3O2. The van der Waals surface area contributed by atoms with Crippen molar-refractivity contribution in [3.05, 3.63) is 76.3 Å². The molecule has 0 fully saturated rings. The zero-order chi connectivity index (χ0) is 20.3. The molecule has 0 bridgehead atoms. The van der Waals surface area contributed by atoms with Gasteiger partial charge in [-0.15, -0.1) is 11.6 Å². The van der Waals surface area contributed by atoms with E-state index in [4.69, 9.17) is 16.6 Å². The molecule has 28 heavy (non-hydrogen) atoms. The van der Waals surface area contributed by atoms with E-state index in [0.29, 0.717) is 23.3 Å². The second-order valence-corrected chi connectivity index (χ2v) is 7.28. The van der Waals surface area contributed by atoms with Gasteiger partial charge in [0.1, 0.15) is 11.2 Å². The molecular weight excluding hydrogens is 374 g/mol. The number of nitrogens with zero attached hydrogens (tertiary/aromatic N) is 3. The van der Waals surface area contributed by atoms with Crippen molar-refractivity contribution in [2.24, 2.45) is 0 Å². The summed E-state index contributed by atoms with van der Waals surface area (Å²) in [7, 11) is 1.70. The van der Waals surface area contributed by atoms with Gasteiger partial charge in [0.25, 0.3) is 5.56 Å². The van der Waals surface area contributed by atoms with Crippen LogP contribution in [0.2, 0.25) is 0 Å². The molecule has 2 unspecified atom stereocenters. The summed E-state index contributed by atoms with van der Waals surface area (Å²) < 4.78 is 1.67. The number of carbonyl (C=O) groups excluding carboxylic acids is 1. The quantitative estimate of drug-likeness (QED) is 0.582. The Morgan fingerprint density at radius 3 is 2.46 bits per heavy atom. The van der Waals surface area contributed by atoms with Gasteiger partial charge in [-0.25, -0.2) is 4.98 Å². The lowest BCUT2D eigenvalue weighted by atomic mass is 10.1. The second-order valence-electron chi connectivity index (χ2n) is 6.84. The Morgan fingerprint density at radius 2 is 1.79 bits per heavy atom. The van der Waals surface area contributed by atoms with Crippen LogP contribution in [0.3, 0.4) is 0 Å². The largest absolute Gasteiger partial charge is 0.334 e. The van der Waals surface area contributed by atoms with Crippen molar-refractivity contribution in [2.45, 2.75) is 38.2 Å². The Morgan fingerprint density at radius 1 is 1.14 bits per heavy atom. The van der Waals surface area contributed by atoms with Crippen LogP contribution in [0.1, 0.15) is 43.1 Å². The summed E-state index contributed by atoms with van der Waals surface area (Å²) in [6, 6.07) is 16.1. The van der Waals surface area contributed by atoms with Crippen LogP contribution in [0.25, 0.3) is 10.9 Å². The first kappa shape index (κ1) is 20.1. The minimum Gasteiger partial charge on any atom is -0.334 e. The summed E-state index contributed by atoms with van der Waals surface area (Å²) in [4.78, 5) is 32.2. The zero-order valence-electron chi connectivity index (χ0n) is 16.3. The van der Waals surface area contributed by atoms with Crippen LogP contribution in [0, 0.1) is 0 Å². The average Bonchev–Trinajstić information content (AvgIpc) is 2.74. The van der Waals surface area contributed by atoms with Gasteiger partial charge in [0.05, 0.1) is 16.9 Å². The van der Waals surface area contributed by atoms with E-state index in [1.165, 1.54) is 0 Å². The van der Waals surface area contributed by atoms with Crippen molar-refractivity contribution in [2.75, 3.05) is 7.05 Å². The van der Waals surface area contributed by atoms with Gasteiger partial charge in [-0.3, -0.25) is 14.2 Å². The Hall–Kier alpha value is -2.66. The first-order valence-corrected chi connectivity index (χ1v) is 9.84. The van der Waals surface area contributed by atoms with E-state index in [1.54, 1.807) is 22.6 Å². The van der Waals surface area contributed by atoms with Crippen molar-refractivity contribution < 1.29 is 4.79 Å². The van der Waals surface area contributed by atoms with Gasteiger partial charge < -0.3 is 4.90 Å². The maximum atomic E-state index is 13.0. The Labute approximate surface area is 169 Å². The molecule has 3 rings (SSSR count). The summed E-state index contributed by atoms with van der Waals surface area (Å²) >= 11 is 6.43. The summed E-state index contributed by atoms with van der Waals surface area (Å²) in [5.74, 6) is 0.337. The monoisotopic (exact) mass is 397 g/mol. The average molecular weight is 398 g/mol. The number of alkyl halides is 1. The molecule has 1 amide bonds. The summed E-state index contributed by atoms with van der Waals surface area (Å²) in [6.07, 6.45) is 0.791. The standard InChI is InChI=1S/C22H24ClN3O2/c1-4-14-26-20(24-18-13-9-8-12-17(18)21(26)27)15(2)25(3)22(28)19(23)16-10-6-5-7-11-16/h5-13,15,19H,4,14H2,1-3H3. The lowest BCUT2D eigenvalue weighted by Crippen LogP contribution is -2.36. The fraction of sp³-hybridized carbons (Fsp3) is 0.318. The molecule has 6 heteroatoms. The number of hydrogen-bond acceptors (Lipinski definition) is 3. The predicted octanol–water partition coefficient (Wildman–Crippen LogP) is 4.31. The first-order chi connectivity index (χ1) is 13.5. The summed E-state index contributed by atoms with van der Waals surface area (Å²) in [5, 5.41) is -0.208. The van der Waals surface area contributed by atoms with Gasteiger partial charge in [-0.2, -0.15) is 0 Å². The molecule has 0 aliphatic carbocycles. The van der Waals surface area contributed by atoms with Gasteiger partial charge in [-0.1, -0.05) is 49.4 Å². The first-order valence-electron chi connectivity index (χ1n) is 9.40. The topological polar surface area (TPSA) is 55.2 Å². The maximum absolute atomic E-state index is 13.0. The van der Waals surface area contributed by atoms with E-state index in [2.05, 4.69) is 0 Å². The Balaban J connectivity index is 2.00. The van der Waals surface area contributed by atoms with Crippen molar-refractivity contribution in [3.63, 3.8) is 0 Å². The van der Waals surface area contributed by atoms with Crippen LogP contribution < -0.4 is 5.56 Å². The van der Waals surface area contributed by atoms with Crippen molar-refractivity contribution in [3.8, 4) is 0 Å². The van der Waals surface area contributed by atoms with Gasteiger partial charge in [0, 0.05) is 13.6 Å². The molecule has 0 spiro atoms. The third-order valence-electron chi connectivity index (χ3n) is 4.95. The van der Waals surface area contributed by atoms with Gasteiger partial charge in [-0.05, 0) is 31.0 Å². The molecule has 0 aliphatic heterocycles. The minimum absolute atomic E-state index is 0.0827. The molecule has 3 aromatic rings. The molecule has 146 valence electrons. The third kappa shape index (κ3) is 3.80. The second kappa shape index (κ2) is 8.57. The number of para-hydroxylation sites is 1. The normalized spacial score (nSPS) is 13.3. The number of fused-ring (bicyclic) bond motifs is 1. The van der Waals surface area contributed by atoms with Crippen LogP contribution in [0.5, 0.6) is 0 Å². The number of carbonyl (C=O) groups is 1. The SMILES string of the molecule is CCCn1c(C(C)N(C)C(=O)C(Cl)c2ccccc2)nc2ccccc2c1=O. The molecule has 2 atom stereocenters. The number of benzene rings is 2. The molecule has 0 saturated carbocycles. The van der Waals surface area contributed by atoms with E-state index < -0.39 is 11.4 Å². The zero-order valence-corrected chi connectivity index (χ0v) is 17.1. The predicted molar refractivity (Wildman–Crippen MR) is 113 cm³/mol. The van der Waals surface area contributed by atoms with E-state index >= 15 is 0 Å². The molecule has 0 saturated heterocycles.